The van der Waals surface area contributed by atoms with E-state index in [1.165, 1.54) is 17.1 Å². The third-order valence-corrected chi connectivity index (χ3v) is 6.65. The SMILES string of the molecule is O=C(NCCn1nc(-c2cccs2)ccc1=O)[C@@H]1CCCN(c2cc(-n3cccn3)ncn2)C1. The summed E-state index contributed by atoms with van der Waals surface area (Å²) in [6, 6.07) is 10.9. The van der Waals surface area contributed by atoms with E-state index in [9.17, 15) is 9.59 Å². The third kappa shape index (κ3) is 4.88. The molecule has 1 saturated heterocycles. The van der Waals surface area contributed by atoms with Crippen molar-refractivity contribution in [2.45, 2.75) is 19.4 Å². The Morgan fingerprint density at radius 3 is 2.91 bits per heavy atom. The van der Waals surface area contributed by atoms with Crippen molar-refractivity contribution in [2.75, 3.05) is 24.5 Å². The van der Waals surface area contributed by atoms with Crippen molar-refractivity contribution < 1.29 is 4.79 Å². The Morgan fingerprint density at radius 2 is 2.09 bits per heavy atom. The minimum Gasteiger partial charge on any atom is -0.356 e. The Kier molecular flexibility index (Phi) is 6.43. The molecule has 0 unspecified atom stereocenters. The Labute approximate surface area is 199 Å². The maximum atomic E-state index is 12.9. The zero-order valence-corrected chi connectivity index (χ0v) is 19.3. The van der Waals surface area contributed by atoms with Gasteiger partial charge in [0.2, 0.25) is 5.91 Å². The number of nitrogens with zero attached hydrogens (tertiary/aromatic N) is 7. The van der Waals surface area contributed by atoms with Gasteiger partial charge in [-0.25, -0.2) is 19.3 Å². The second kappa shape index (κ2) is 9.96. The molecule has 0 saturated carbocycles. The Morgan fingerprint density at radius 1 is 1.18 bits per heavy atom. The van der Waals surface area contributed by atoms with Crippen LogP contribution in [0.2, 0.25) is 0 Å². The van der Waals surface area contributed by atoms with E-state index in [1.807, 2.05) is 35.8 Å². The lowest BCUT2D eigenvalue weighted by Crippen LogP contribution is -2.44. The van der Waals surface area contributed by atoms with E-state index >= 15 is 0 Å². The van der Waals surface area contributed by atoms with Crippen LogP contribution in [0.3, 0.4) is 0 Å². The molecule has 10 nitrogen and oxygen atoms in total. The van der Waals surface area contributed by atoms with Crippen molar-refractivity contribution >= 4 is 23.1 Å². The molecule has 1 atom stereocenters. The number of piperidine rings is 1. The van der Waals surface area contributed by atoms with Gasteiger partial charge in [-0.3, -0.25) is 9.59 Å². The van der Waals surface area contributed by atoms with E-state index in [1.54, 1.807) is 28.3 Å². The van der Waals surface area contributed by atoms with Gasteiger partial charge in [0.25, 0.3) is 5.56 Å². The topological polar surface area (TPSA) is 111 Å². The van der Waals surface area contributed by atoms with Crippen molar-refractivity contribution in [2.24, 2.45) is 5.92 Å². The minimum absolute atomic E-state index is 0.0199. The number of thiophene rings is 1. The molecular weight excluding hydrogens is 452 g/mol. The lowest BCUT2D eigenvalue weighted by Gasteiger charge is -2.32. The average molecular weight is 477 g/mol. The maximum Gasteiger partial charge on any atom is 0.266 e. The number of hydrogen-bond donors (Lipinski definition) is 1. The van der Waals surface area contributed by atoms with Crippen LogP contribution >= 0.6 is 11.3 Å². The summed E-state index contributed by atoms with van der Waals surface area (Å²) in [5, 5.41) is 13.6. The van der Waals surface area contributed by atoms with Crippen LogP contribution in [0.15, 0.2) is 65.3 Å². The van der Waals surface area contributed by atoms with Gasteiger partial charge >= 0.3 is 0 Å². The smallest absolute Gasteiger partial charge is 0.266 e. The van der Waals surface area contributed by atoms with Crippen LogP contribution in [0.5, 0.6) is 0 Å². The second-order valence-electron chi connectivity index (χ2n) is 8.02. The molecule has 0 aliphatic carbocycles. The first kappa shape index (κ1) is 22.0. The fourth-order valence-electron chi connectivity index (χ4n) is 4.03. The van der Waals surface area contributed by atoms with Crippen LogP contribution in [0.1, 0.15) is 12.8 Å². The number of nitrogens with one attached hydrogen (secondary N) is 1. The summed E-state index contributed by atoms with van der Waals surface area (Å²) in [5.41, 5.74) is 0.568. The number of carbonyl (C=O) groups is 1. The molecule has 0 spiro atoms. The van der Waals surface area contributed by atoms with E-state index in [0.717, 1.165) is 35.8 Å². The summed E-state index contributed by atoms with van der Waals surface area (Å²) < 4.78 is 3.09. The van der Waals surface area contributed by atoms with Crippen LogP contribution in [0, 0.1) is 5.92 Å². The van der Waals surface area contributed by atoms with Crippen LogP contribution in [0.25, 0.3) is 16.4 Å². The highest BCUT2D eigenvalue weighted by atomic mass is 32.1. The highest BCUT2D eigenvalue weighted by molar-refractivity contribution is 7.13. The largest absolute Gasteiger partial charge is 0.356 e. The molecule has 174 valence electrons. The van der Waals surface area contributed by atoms with Gasteiger partial charge in [-0.1, -0.05) is 6.07 Å². The molecule has 0 radical (unpaired) electrons. The Balaban J connectivity index is 1.19. The van der Waals surface area contributed by atoms with E-state index in [2.05, 4.69) is 30.4 Å². The second-order valence-corrected chi connectivity index (χ2v) is 8.97. The minimum atomic E-state index is -0.185. The van der Waals surface area contributed by atoms with Gasteiger partial charge in [-0.05, 0) is 36.4 Å². The lowest BCUT2D eigenvalue weighted by atomic mass is 9.97. The molecule has 5 rings (SSSR count). The fraction of sp³-hybridized carbons (Fsp3) is 0.304. The molecule has 1 aliphatic heterocycles. The van der Waals surface area contributed by atoms with Crippen molar-refractivity contribution in [1.29, 1.82) is 0 Å². The van der Waals surface area contributed by atoms with Gasteiger partial charge in [0, 0.05) is 44.2 Å². The molecule has 0 aromatic carbocycles. The molecule has 5 heterocycles. The van der Waals surface area contributed by atoms with Gasteiger partial charge in [0.15, 0.2) is 5.82 Å². The number of rotatable bonds is 7. The van der Waals surface area contributed by atoms with Gasteiger partial charge in [0.1, 0.15) is 17.8 Å². The normalized spacial score (nSPS) is 15.9. The summed E-state index contributed by atoms with van der Waals surface area (Å²) in [6.07, 6.45) is 6.75. The van der Waals surface area contributed by atoms with Gasteiger partial charge in [0.05, 0.1) is 17.3 Å². The lowest BCUT2D eigenvalue weighted by molar-refractivity contribution is -0.125. The summed E-state index contributed by atoms with van der Waals surface area (Å²) in [7, 11) is 0. The maximum absolute atomic E-state index is 12.9. The first-order valence-electron chi connectivity index (χ1n) is 11.1. The number of aromatic nitrogens is 6. The monoisotopic (exact) mass is 476 g/mol. The van der Waals surface area contributed by atoms with E-state index in [-0.39, 0.29) is 17.4 Å². The number of carbonyl (C=O) groups excluding carboxylic acids is 1. The zero-order chi connectivity index (χ0) is 23.3. The molecule has 1 amide bonds. The third-order valence-electron chi connectivity index (χ3n) is 5.76. The van der Waals surface area contributed by atoms with Crippen LogP contribution in [0.4, 0.5) is 5.82 Å². The highest BCUT2D eigenvalue weighted by Crippen LogP contribution is 2.23. The van der Waals surface area contributed by atoms with Crippen molar-refractivity contribution in [3.8, 4) is 16.4 Å². The quantitative estimate of drug-likeness (QED) is 0.434. The molecule has 4 aromatic heterocycles. The van der Waals surface area contributed by atoms with Crippen LogP contribution in [-0.4, -0.2) is 55.1 Å². The summed E-state index contributed by atoms with van der Waals surface area (Å²) in [4.78, 5) is 36.9. The Bertz CT molecular complexity index is 1300. The molecule has 1 N–H and O–H groups in total. The summed E-state index contributed by atoms with van der Waals surface area (Å²) >= 11 is 1.57. The zero-order valence-electron chi connectivity index (χ0n) is 18.4. The fourth-order valence-corrected chi connectivity index (χ4v) is 4.72. The molecule has 0 bridgehead atoms. The predicted octanol–water partition coefficient (Wildman–Crippen LogP) is 1.98. The van der Waals surface area contributed by atoms with Gasteiger partial charge < -0.3 is 10.2 Å². The van der Waals surface area contributed by atoms with Crippen LogP contribution in [-0.2, 0) is 11.3 Å². The molecule has 4 aromatic rings. The number of anilines is 1. The molecular formula is C23H24N8O2S. The highest BCUT2D eigenvalue weighted by Gasteiger charge is 2.26. The Hall–Kier alpha value is -3.86. The van der Waals surface area contributed by atoms with Crippen LogP contribution < -0.4 is 15.8 Å². The summed E-state index contributed by atoms with van der Waals surface area (Å²) in [5.74, 6) is 1.29. The first-order valence-corrected chi connectivity index (χ1v) is 12.0. The molecule has 1 aliphatic rings. The molecule has 11 heteroatoms. The van der Waals surface area contributed by atoms with E-state index in [4.69, 9.17) is 0 Å². The van der Waals surface area contributed by atoms with E-state index in [0.29, 0.717) is 25.5 Å². The molecule has 1 fully saturated rings. The summed E-state index contributed by atoms with van der Waals surface area (Å²) in [6.45, 7) is 2.06. The number of hydrogen-bond acceptors (Lipinski definition) is 8. The van der Waals surface area contributed by atoms with Gasteiger partial charge in [-0.2, -0.15) is 10.2 Å². The first-order chi connectivity index (χ1) is 16.7. The standard InChI is InChI=1S/C23H24N8O2S/c32-22-7-6-18(19-5-2-13-34-19)28-31(22)12-9-24-23(33)17-4-1-10-29(15-17)20-14-21(26-16-25-20)30-11-3-8-27-30/h2-3,5-8,11,13-14,16-17H,1,4,9-10,12,15H2,(H,24,33)/t17-/m1/s1. The van der Waals surface area contributed by atoms with Crippen molar-refractivity contribution in [3.63, 3.8) is 0 Å². The number of amides is 1. The average Bonchev–Trinajstić information content (AvgIpc) is 3.60. The van der Waals surface area contributed by atoms with Gasteiger partial charge in [-0.15, -0.1) is 11.3 Å². The van der Waals surface area contributed by atoms with Crippen molar-refractivity contribution in [3.05, 3.63) is 70.9 Å². The molecule has 34 heavy (non-hydrogen) atoms. The van der Waals surface area contributed by atoms with Crippen molar-refractivity contribution in [1.82, 2.24) is 34.8 Å². The van der Waals surface area contributed by atoms with E-state index < -0.39 is 0 Å². The predicted molar refractivity (Wildman–Crippen MR) is 129 cm³/mol.